The lowest BCUT2D eigenvalue weighted by atomic mass is 9.94. The van der Waals surface area contributed by atoms with Crippen molar-refractivity contribution in [3.63, 3.8) is 0 Å². The van der Waals surface area contributed by atoms with Gasteiger partial charge < -0.3 is 10.1 Å². The van der Waals surface area contributed by atoms with Crippen LogP contribution in [-0.4, -0.2) is 44.6 Å². The number of nitrogens with one attached hydrogen (secondary N) is 1. The van der Waals surface area contributed by atoms with E-state index in [4.69, 9.17) is 4.74 Å². The standard InChI is InChI=1S/C24H27F3N4O3/c1-14-13-17(15-5-7-16(8-6-15)24(25,26)27)30-19(29-14)18-9-10-23(11-12-28-20(23)32)31(18)21(33)34-22(2,3)4/h5-8,13,18H,9-12H2,1-4H3,(H,28,32)/t18-,23-/m1/s1. The number of nitrogens with zero attached hydrogens (tertiary/aromatic N) is 3. The van der Waals surface area contributed by atoms with Gasteiger partial charge >= 0.3 is 12.3 Å². The van der Waals surface area contributed by atoms with Crippen LogP contribution in [0.3, 0.4) is 0 Å². The first kappa shape index (κ1) is 24.0. The van der Waals surface area contributed by atoms with E-state index in [1.54, 1.807) is 33.8 Å². The highest BCUT2D eigenvalue weighted by Gasteiger charge is 2.58. The van der Waals surface area contributed by atoms with E-state index in [1.807, 2.05) is 0 Å². The first-order chi connectivity index (χ1) is 15.8. The number of hydrogen-bond acceptors (Lipinski definition) is 5. The average molecular weight is 476 g/mol. The monoisotopic (exact) mass is 476 g/mol. The van der Waals surface area contributed by atoms with Crippen molar-refractivity contribution in [1.29, 1.82) is 0 Å². The Kier molecular flexibility index (Phi) is 5.81. The summed E-state index contributed by atoms with van der Waals surface area (Å²) in [4.78, 5) is 36.7. The van der Waals surface area contributed by atoms with Crippen molar-refractivity contribution in [2.24, 2.45) is 0 Å². The molecule has 2 aliphatic rings. The van der Waals surface area contributed by atoms with Gasteiger partial charge in [-0.3, -0.25) is 9.69 Å². The van der Waals surface area contributed by atoms with Gasteiger partial charge in [-0.2, -0.15) is 13.2 Å². The number of aromatic nitrogens is 2. The summed E-state index contributed by atoms with van der Waals surface area (Å²) in [7, 11) is 0. The first-order valence-corrected chi connectivity index (χ1v) is 11.1. The van der Waals surface area contributed by atoms with E-state index >= 15 is 0 Å². The van der Waals surface area contributed by atoms with Gasteiger partial charge in [-0.15, -0.1) is 0 Å². The molecule has 0 radical (unpaired) electrons. The van der Waals surface area contributed by atoms with E-state index in [0.717, 1.165) is 12.1 Å². The van der Waals surface area contributed by atoms with Crippen LogP contribution in [0.15, 0.2) is 30.3 Å². The fraction of sp³-hybridized carbons (Fsp3) is 0.500. The largest absolute Gasteiger partial charge is 0.444 e. The number of aryl methyl sites for hydroxylation is 1. The van der Waals surface area contributed by atoms with E-state index in [9.17, 15) is 22.8 Å². The van der Waals surface area contributed by atoms with Crippen LogP contribution >= 0.6 is 0 Å². The minimum Gasteiger partial charge on any atom is -0.444 e. The predicted molar refractivity (Wildman–Crippen MR) is 118 cm³/mol. The van der Waals surface area contributed by atoms with Gasteiger partial charge in [-0.1, -0.05) is 12.1 Å². The molecule has 2 aromatic rings. The highest BCUT2D eigenvalue weighted by molar-refractivity contribution is 5.92. The Bertz CT molecular complexity index is 1110. The number of alkyl halides is 3. The number of ether oxygens (including phenoxy) is 1. The van der Waals surface area contributed by atoms with Crippen molar-refractivity contribution in [2.45, 2.75) is 70.3 Å². The highest BCUT2D eigenvalue weighted by Crippen LogP contribution is 2.46. The van der Waals surface area contributed by atoms with Gasteiger partial charge in [0.05, 0.1) is 17.3 Å². The summed E-state index contributed by atoms with van der Waals surface area (Å²) < 4.78 is 44.5. The Labute approximate surface area is 195 Å². The van der Waals surface area contributed by atoms with E-state index in [2.05, 4.69) is 15.3 Å². The van der Waals surface area contributed by atoms with Crippen molar-refractivity contribution in [3.8, 4) is 11.3 Å². The second-order valence-electron chi connectivity index (χ2n) is 9.77. The van der Waals surface area contributed by atoms with Crippen LogP contribution in [0.25, 0.3) is 11.3 Å². The van der Waals surface area contributed by atoms with E-state index < -0.39 is 35.0 Å². The summed E-state index contributed by atoms with van der Waals surface area (Å²) in [5, 5.41) is 2.82. The molecule has 1 aromatic heterocycles. The van der Waals surface area contributed by atoms with Crippen LogP contribution in [-0.2, 0) is 15.7 Å². The zero-order valence-electron chi connectivity index (χ0n) is 19.5. The zero-order valence-corrected chi connectivity index (χ0v) is 19.5. The molecule has 10 heteroatoms. The molecule has 0 bridgehead atoms. The second kappa shape index (κ2) is 8.25. The van der Waals surface area contributed by atoms with Gasteiger partial charge in [0.15, 0.2) is 5.82 Å². The molecule has 3 heterocycles. The van der Waals surface area contributed by atoms with Crippen molar-refractivity contribution >= 4 is 12.0 Å². The second-order valence-corrected chi connectivity index (χ2v) is 9.77. The number of hydrogen-bond donors (Lipinski definition) is 1. The first-order valence-electron chi connectivity index (χ1n) is 11.1. The van der Waals surface area contributed by atoms with Gasteiger partial charge in [0.2, 0.25) is 5.91 Å². The molecule has 4 rings (SSSR count). The summed E-state index contributed by atoms with van der Waals surface area (Å²) in [6.07, 6.45) is -3.69. The van der Waals surface area contributed by atoms with Gasteiger partial charge in [0.25, 0.3) is 0 Å². The maximum absolute atomic E-state index is 13.3. The lowest BCUT2D eigenvalue weighted by Crippen LogP contribution is -2.54. The minimum absolute atomic E-state index is 0.225. The van der Waals surface area contributed by atoms with Crippen molar-refractivity contribution in [1.82, 2.24) is 20.2 Å². The fourth-order valence-corrected chi connectivity index (χ4v) is 4.63. The van der Waals surface area contributed by atoms with E-state index in [0.29, 0.717) is 48.6 Å². The summed E-state index contributed by atoms with van der Waals surface area (Å²) >= 11 is 0. The third-order valence-corrected chi connectivity index (χ3v) is 6.12. The molecule has 2 aliphatic heterocycles. The number of carbonyl (C=O) groups excluding carboxylic acids is 2. The predicted octanol–water partition coefficient (Wildman–Crippen LogP) is 4.80. The highest BCUT2D eigenvalue weighted by atomic mass is 19.4. The van der Waals surface area contributed by atoms with E-state index in [-0.39, 0.29) is 5.91 Å². The Morgan fingerprint density at radius 3 is 2.38 bits per heavy atom. The Hall–Kier alpha value is -3.17. The van der Waals surface area contributed by atoms with Crippen molar-refractivity contribution in [2.75, 3.05) is 6.54 Å². The van der Waals surface area contributed by atoms with Crippen molar-refractivity contribution < 1.29 is 27.5 Å². The third-order valence-electron chi connectivity index (χ3n) is 6.12. The molecular formula is C24H27F3N4O3. The molecule has 0 unspecified atom stereocenters. The molecule has 7 nitrogen and oxygen atoms in total. The lowest BCUT2D eigenvalue weighted by molar-refractivity contribution is -0.137. The van der Waals surface area contributed by atoms with Gasteiger partial charge in [0, 0.05) is 17.8 Å². The molecule has 1 N–H and O–H groups in total. The number of amides is 2. The molecule has 1 aromatic carbocycles. The number of halogens is 3. The summed E-state index contributed by atoms with van der Waals surface area (Å²) in [5.74, 6) is 0.105. The molecule has 0 aliphatic carbocycles. The Morgan fingerprint density at radius 1 is 1.15 bits per heavy atom. The van der Waals surface area contributed by atoms with Crippen LogP contribution in [0.4, 0.5) is 18.0 Å². The van der Waals surface area contributed by atoms with Crippen LogP contribution < -0.4 is 5.32 Å². The maximum Gasteiger partial charge on any atom is 0.416 e. The van der Waals surface area contributed by atoms with E-state index in [1.165, 1.54) is 17.0 Å². The smallest absolute Gasteiger partial charge is 0.416 e. The number of likely N-dealkylation sites (tertiary alicyclic amines) is 1. The molecule has 182 valence electrons. The molecule has 0 saturated carbocycles. The topological polar surface area (TPSA) is 84.4 Å². The Morgan fingerprint density at radius 2 is 1.82 bits per heavy atom. The summed E-state index contributed by atoms with van der Waals surface area (Å²) in [5.41, 5.74) is -1.01. The Balaban J connectivity index is 1.73. The molecule has 2 amide bonds. The lowest BCUT2D eigenvalue weighted by Gasteiger charge is -2.36. The van der Waals surface area contributed by atoms with Gasteiger partial charge in [0.1, 0.15) is 11.1 Å². The zero-order chi connectivity index (χ0) is 24.9. The fourth-order valence-electron chi connectivity index (χ4n) is 4.63. The minimum atomic E-state index is -4.43. The van der Waals surface area contributed by atoms with Crippen LogP contribution in [0, 0.1) is 6.92 Å². The number of carbonyl (C=O) groups is 2. The van der Waals surface area contributed by atoms with Crippen molar-refractivity contribution in [3.05, 3.63) is 47.4 Å². The SMILES string of the molecule is Cc1cc(-c2ccc(C(F)(F)F)cc2)nc([C@H]2CC[C@]3(CCNC3=O)N2C(=O)OC(C)(C)C)n1. The normalized spacial score (nSPS) is 22.9. The quantitative estimate of drug-likeness (QED) is 0.673. The van der Waals surface area contributed by atoms with Crippen LogP contribution in [0.2, 0.25) is 0 Å². The van der Waals surface area contributed by atoms with Gasteiger partial charge in [-0.25, -0.2) is 14.8 Å². The van der Waals surface area contributed by atoms with Crippen LogP contribution in [0.5, 0.6) is 0 Å². The molecule has 1 spiro atoms. The number of benzene rings is 1. The average Bonchev–Trinajstić information content (AvgIpc) is 3.29. The molecule has 2 atom stereocenters. The molecule has 2 fully saturated rings. The van der Waals surface area contributed by atoms with Crippen LogP contribution in [0.1, 0.15) is 63.2 Å². The molecule has 2 saturated heterocycles. The summed E-state index contributed by atoms with van der Waals surface area (Å²) in [6, 6.07) is 5.81. The number of rotatable bonds is 2. The molecular weight excluding hydrogens is 449 g/mol. The maximum atomic E-state index is 13.3. The summed E-state index contributed by atoms with van der Waals surface area (Å²) in [6.45, 7) is 7.47. The van der Waals surface area contributed by atoms with Gasteiger partial charge in [-0.05, 0) is 65.2 Å². The molecule has 34 heavy (non-hydrogen) atoms. The third kappa shape index (κ3) is 4.45.